The van der Waals surface area contributed by atoms with Crippen molar-refractivity contribution in [2.45, 2.75) is 13.8 Å². The van der Waals surface area contributed by atoms with Gasteiger partial charge >= 0.3 is 0 Å². The van der Waals surface area contributed by atoms with E-state index in [1.54, 1.807) is 23.6 Å². The molecule has 2 aromatic heterocycles. The average Bonchev–Trinajstić information content (AvgIpc) is 2.93. The van der Waals surface area contributed by atoms with E-state index in [4.69, 9.17) is 12.2 Å². The number of allylic oxidation sites excluding steroid dienone is 1. The van der Waals surface area contributed by atoms with Gasteiger partial charge in [0.2, 0.25) is 0 Å². The molecule has 1 amide bonds. The van der Waals surface area contributed by atoms with Crippen LogP contribution >= 0.6 is 23.6 Å². The molecule has 6 nitrogen and oxygen atoms in total. The van der Waals surface area contributed by atoms with E-state index < -0.39 is 0 Å². The highest BCUT2D eigenvalue weighted by Crippen LogP contribution is 2.16. The first kappa shape index (κ1) is 13.5. The van der Waals surface area contributed by atoms with Gasteiger partial charge in [-0.05, 0) is 32.3 Å². The number of thiazole rings is 1. The third-order valence-electron chi connectivity index (χ3n) is 2.32. The van der Waals surface area contributed by atoms with Crippen molar-refractivity contribution in [2.24, 2.45) is 0 Å². The molecule has 0 spiro atoms. The van der Waals surface area contributed by atoms with Crippen molar-refractivity contribution in [1.29, 1.82) is 0 Å². The number of amides is 1. The molecule has 0 radical (unpaired) electrons. The van der Waals surface area contributed by atoms with Gasteiger partial charge in [-0.3, -0.25) is 20.0 Å². The normalized spacial score (nSPS) is 10.8. The fourth-order valence-corrected chi connectivity index (χ4v) is 2.41. The van der Waals surface area contributed by atoms with Gasteiger partial charge in [-0.1, -0.05) is 6.08 Å². The van der Waals surface area contributed by atoms with E-state index in [0.717, 1.165) is 4.96 Å². The summed E-state index contributed by atoms with van der Waals surface area (Å²) in [6, 6.07) is 0. The smallest absolute Gasteiger partial charge is 0.288 e. The Morgan fingerprint density at radius 1 is 1.53 bits per heavy atom. The van der Waals surface area contributed by atoms with Gasteiger partial charge < -0.3 is 5.32 Å². The topological polar surface area (TPSA) is 70.5 Å². The predicted octanol–water partition coefficient (Wildman–Crippen LogP) is 1.35. The van der Waals surface area contributed by atoms with Crippen LogP contribution in [0.5, 0.6) is 0 Å². The molecule has 0 unspecified atom stereocenters. The lowest BCUT2D eigenvalue weighted by Gasteiger charge is -2.08. The summed E-state index contributed by atoms with van der Waals surface area (Å²) in [5.74, 6) is -0.284. The summed E-state index contributed by atoms with van der Waals surface area (Å²) in [5, 5.41) is 4.98. The Bertz CT molecular complexity index is 643. The Kier molecular flexibility index (Phi) is 4.13. The highest BCUT2D eigenvalue weighted by Gasteiger charge is 2.16. The minimum Gasteiger partial charge on any atom is -0.338 e. The number of nitrogens with zero attached hydrogens (tertiary/aromatic N) is 2. The minimum atomic E-state index is -0.284. The summed E-state index contributed by atoms with van der Waals surface area (Å²) in [5.41, 5.74) is 6.33. The second-order valence-corrected chi connectivity index (χ2v) is 4.94. The van der Waals surface area contributed by atoms with Gasteiger partial charge in [-0.25, -0.2) is 4.98 Å². The number of carbonyl (C=O) groups is 1. The molecule has 2 rings (SSSR count). The third-order valence-corrected chi connectivity index (χ3v) is 3.30. The van der Waals surface area contributed by atoms with Crippen LogP contribution in [0, 0.1) is 6.92 Å². The van der Waals surface area contributed by atoms with E-state index in [9.17, 15) is 4.79 Å². The Hall–Kier alpha value is -1.93. The maximum Gasteiger partial charge on any atom is 0.288 e. The molecular weight excluding hydrogens is 282 g/mol. The van der Waals surface area contributed by atoms with Crippen LogP contribution in [0.1, 0.15) is 23.1 Å². The number of nitrogens with one attached hydrogen (secondary N) is 3. The molecule has 3 N–H and O–H groups in total. The van der Waals surface area contributed by atoms with Crippen molar-refractivity contribution < 1.29 is 4.79 Å². The van der Waals surface area contributed by atoms with Crippen LogP contribution in [0.25, 0.3) is 4.96 Å². The number of carbonyl (C=O) groups excluding carboxylic acids is 1. The van der Waals surface area contributed by atoms with Crippen molar-refractivity contribution in [3.05, 3.63) is 35.2 Å². The largest absolute Gasteiger partial charge is 0.338 e. The molecule has 8 heteroatoms. The first-order valence-electron chi connectivity index (χ1n) is 5.53. The number of hydrogen-bond donors (Lipinski definition) is 3. The fourth-order valence-electron chi connectivity index (χ4n) is 1.54. The van der Waals surface area contributed by atoms with Crippen molar-refractivity contribution in [3.63, 3.8) is 0 Å². The summed E-state index contributed by atoms with van der Waals surface area (Å²) in [6.07, 6.45) is 5.28. The number of hydrogen-bond acceptors (Lipinski definition) is 4. The van der Waals surface area contributed by atoms with Crippen LogP contribution in [0.2, 0.25) is 0 Å². The van der Waals surface area contributed by atoms with Gasteiger partial charge in [0.1, 0.15) is 5.69 Å². The number of aromatic nitrogens is 2. The lowest BCUT2D eigenvalue weighted by atomic mass is 10.3. The molecule has 0 fully saturated rings. The predicted molar refractivity (Wildman–Crippen MR) is 79.0 cm³/mol. The zero-order valence-corrected chi connectivity index (χ0v) is 12.1. The van der Waals surface area contributed by atoms with Crippen LogP contribution in [0.4, 0.5) is 0 Å². The van der Waals surface area contributed by atoms with Crippen molar-refractivity contribution in [3.8, 4) is 0 Å². The molecule has 0 aliphatic heterocycles. The molecule has 0 bridgehead atoms. The van der Waals surface area contributed by atoms with Gasteiger partial charge in [-0.15, -0.1) is 11.3 Å². The fraction of sp³-hybridized carbons (Fsp3) is 0.182. The molecule has 0 saturated carbocycles. The molecule has 19 heavy (non-hydrogen) atoms. The molecular formula is C11H13N5OS2. The van der Waals surface area contributed by atoms with E-state index in [2.05, 4.69) is 21.2 Å². The first-order chi connectivity index (χ1) is 9.13. The van der Waals surface area contributed by atoms with Crippen LogP contribution in [-0.4, -0.2) is 20.4 Å². The van der Waals surface area contributed by atoms with Gasteiger partial charge in [0.25, 0.3) is 5.91 Å². The monoisotopic (exact) mass is 295 g/mol. The Balaban J connectivity index is 2.06. The van der Waals surface area contributed by atoms with E-state index in [1.165, 1.54) is 11.3 Å². The molecule has 0 aliphatic rings. The second-order valence-electron chi connectivity index (χ2n) is 3.65. The maximum atomic E-state index is 12.1. The summed E-state index contributed by atoms with van der Waals surface area (Å²) >= 11 is 6.45. The summed E-state index contributed by atoms with van der Waals surface area (Å²) in [6.45, 7) is 3.65. The zero-order valence-electron chi connectivity index (χ0n) is 10.4. The Morgan fingerprint density at radius 2 is 2.32 bits per heavy atom. The SMILES string of the molecule is C/C=C/NC(=S)NNC(=O)c1c(C)nc2sccn12. The lowest BCUT2D eigenvalue weighted by molar-refractivity contribution is 0.0937. The molecule has 2 aromatic rings. The number of thiocarbonyl (C=S) groups is 1. The molecule has 0 saturated heterocycles. The van der Waals surface area contributed by atoms with Crippen LogP contribution in [0.3, 0.4) is 0 Å². The van der Waals surface area contributed by atoms with Crippen molar-refractivity contribution in [2.75, 3.05) is 0 Å². The second kappa shape index (κ2) is 5.81. The lowest BCUT2D eigenvalue weighted by Crippen LogP contribution is -2.45. The average molecular weight is 295 g/mol. The number of fused-ring (bicyclic) bond motifs is 1. The third kappa shape index (κ3) is 2.91. The number of rotatable bonds is 2. The Labute approximate surface area is 119 Å². The quantitative estimate of drug-likeness (QED) is 0.576. The van der Waals surface area contributed by atoms with Crippen LogP contribution < -0.4 is 16.2 Å². The summed E-state index contributed by atoms with van der Waals surface area (Å²) < 4.78 is 1.75. The molecule has 2 heterocycles. The van der Waals surface area contributed by atoms with Crippen LogP contribution in [0.15, 0.2) is 23.9 Å². The maximum absolute atomic E-state index is 12.1. The molecule has 0 aliphatic carbocycles. The van der Waals surface area contributed by atoms with E-state index >= 15 is 0 Å². The highest BCUT2D eigenvalue weighted by molar-refractivity contribution is 7.80. The van der Waals surface area contributed by atoms with Gasteiger partial charge in [0.15, 0.2) is 10.1 Å². The van der Waals surface area contributed by atoms with E-state index in [1.807, 2.05) is 18.5 Å². The van der Waals surface area contributed by atoms with Gasteiger partial charge in [-0.2, -0.15) is 0 Å². The van der Waals surface area contributed by atoms with Crippen molar-refractivity contribution >= 4 is 39.5 Å². The van der Waals surface area contributed by atoms with Crippen LogP contribution in [-0.2, 0) is 0 Å². The first-order valence-corrected chi connectivity index (χ1v) is 6.82. The van der Waals surface area contributed by atoms with E-state index in [-0.39, 0.29) is 5.91 Å². The highest BCUT2D eigenvalue weighted by atomic mass is 32.1. The zero-order chi connectivity index (χ0) is 13.8. The number of hydrazine groups is 1. The molecule has 100 valence electrons. The van der Waals surface area contributed by atoms with Gasteiger partial charge in [0.05, 0.1) is 5.69 Å². The van der Waals surface area contributed by atoms with Crippen molar-refractivity contribution in [1.82, 2.24) is 25.6 Å². The molecule has 0 aromatic carbocycles. The number of imidazole rings is 1. The Morgan fingerprint density at radius 3 is 3.05 bits per heavy atom. The standard InChI is InChI=1S/C11H13N5OS2/c1-3-4-12-10(18)15-14-9(17)8-7(2)13-11-16(8)5-6-19-11/h3-6H,1-2H3,(H,14,17)(H2,12,15,18)/b4-3+. The summed E-state index contributed by atoms with van der Waals surface area (Å²) in [7, 11) is 0. The van der Waals surface area contributed by atoms with E-state index in [0.29, 0.717) is 16.5 Å². The summed E-state index contributed by atoms with van der Waals surface area (Å²) in [4.78, 5) is 17.2. The molecule has 0 atom stereocenters. The minimum absolute atomic E-state index is 0.284. The van der Waals surface area contributed by atoms with Gasteiger partial charge in [0, 0.05) is 11.6 Å². The number of aryl methyl sites for hydroxylation is 1.